The van der Waals surface area contributed by atoms with Crippen LogP contribution in [0, 0.1) is 5.92 Å². The van der Waals surface area contributed by atoms with Crippen molar-refractivity contribution in [1.82, 2.24) is 14.7 Å². The van der Waals surface area contributed by atoms with E-state index in [1.807, 2.05) is 13.8 Å². The Morgan fingerprint density at radius 2 is 1.59 bits per heavy atom. The third-order valence-corrected chi connectivity index (χ3v) is 6.34. The normalized spacial score (nSPS) is 23.9. The van der Waals surface area contributed by atoms with E-state index in [0.29, 0.717) is 44.7 Å². The van der Waals surface area contributed by atoms with Gasteiger partial charge in [-0.15, -0.1) is 0 Å². The van der Waals surface area contributed by atoms with Crippen LogP contribution in [0.4, 0.5) is 0 Å². The fourth-order valence-electron chi connectivity index (χ4n) is 4.10. The summed E-state index contributed by atoms with van der Waals surface area (Å²) < 4.78 is 0. The van der Waals surface area contributed by atoms with Crippen molar-refractivity contribution in [3.05, 3.63) is 0 Å². The van der Waals surface area contributed by atoms with Gasteiger partial charge in [0.15, 0.2) is 0 Å². The van der Waals surface area contributed by atoms with Gasteiger partial charge in [-0.1, -0.05) is 13.8 Å². The van der Waals surface area contributed by atoms with Gasteiger partial charge in [-0.3, -0.25) is 14.4 Å². The molecule has 0 bridgehead atoms. The zero-order valence-electron chi connectivity index (χ0n) is 17.7. The average molecular weight is 428 g/mol. The van der Waals surface area contributed by atoms with Gasteiger partial charge in [0.25, 0.3) is 0 Å². The molecule has 0 aliphatic carbocycles. The second-order valence-electron chi connectivity index (χ2n) is 8.49. The number of rotatable bonds is 7. The molecule has 0 unspecified atom stereocenters. The van der Waals surface area contributed by atoms with Crippen LogP contribution in [0.1, 0.15) is 52.9 Å². The van der Waals surface area contributed by atoms with Crippen molar-refractivity contribution >= 4 is 36.3 Å². The first-order valence-corrected chi connectivity index (χ1v) is 10.9. The maximum Gasteiger partial charge on any atom is 0.326 e. The van der Waals surface area contributed by atoms with E-state index in [-0.39, 0.29) is 17.7 Å². The van der Waals surface area contributed by atoms with Crippen molar-refractivity contribution in [1.29, 1.82) is 0 Å². The maximum atomic E-state index is 13.3. The second kappa shape index (κ2) is 9.82. The highest BCUT2D eigenvalue weighted by atomic mass is 32.1. The van der Waals surface area contributed by atoms with Crippen LogP contribution in [0.3, 0.4) is 0 Å². The highest BCUT2D eigenvalue weighted by Gasteiger charge is 2.44. The lowest BCUT2D eigenvalue weighted by Crippen LogP contribution is -2.55. The van der Waals surface area contributed by atoms with Gasteiger partial charge >= 0.3 is 5.97 Å². The molecule has 0 spiro atoms. The van der Waals surface area contributed by atoms with Gasteiger partial charge in [0, 0.05) is 20.1 Å². The van der Waals surface area contributed by atoms with E-state index in [1.165, 1.54) is 18.9 Å². The Balaban J connectivity index is 2.12. The van der Waals surface area contributed by atoms with Gasteiger partial charge in [0.05, 0.1) is 5.25 Å². The van der Waals surface area contributed by atoms with E-state index in [1.54, 1.807) is 9.80 Å². The lowest BCUT2D eigenvalue weighted by atomic mass is 10.1. The Bertz CT molecular complexity index is 656. The molecule has 2 saturated heterocycles. The summed E-state index contributed by atoms with van der Waals surface area (Å²) in [5.74, 6) is -1.47. The zero-order valence-corrected chi connectivity index (χ0v) is 18.6. The molecule has 2 heterocycles. The smallest absolute Gasteiger partial charge is 0.326 e. The minimum atomic E-state index is -1.09. The minimum Gasteiger partial charge on any atom is -0.480 e. The number of likely N-dealkylation sites (tertiary alicyclic amines) is 2. The number of nitrogens with zero attached hydrogens (tertiary/aromatic N) is 3. The average Bonchev–Trinajstić information content (AvgIpc) is 3.33. The molecule has 4 atom stereocenters. The largest absolute Gasteiger partial charge is 0.480 e. The molecule has 2 fully saturated rings. The molecule has 1 N–H and O–H groups in total. The van der Waals surface area contributed by atoms with E-state index in [2.05, 4.69) is 12.6 Å². The molecule has 9 heteroatoms. The summed E-state index contributed by atoms with van der Waals surface area (Å²) in [5.41, 5.74) is 0. The summed E-state index contributed by atoms with van der Waals surface area (Å²) in [4.78, 5) is 54.5. The molecule has 0 radical (unpaired) electrons. The topological polar surface area (TPSA) is 98.2 Å². The van der Waals surface area contributed by atoms with Crippen LogP contribution in [0.2, 0.25) is 0 Å². The van der Waals surface area contributed by atoms with E-state index in [4.69, 9.17) is 0 Å². The lowest BCUT2D eigenvalue weighted by Gasteiger charge is -2.34. The molecule has 0 saturated carbocycles. The van der Waals surface area contributed by atoms with Crippen molar-refractivity contribution < 1.29 is 24.3 Å². The van der Waals surface area contributed by atoms with Crippen molar-refractivity contribution in [2.75, 3.05) is 20.1 Å². The van der Waals surface area contributed by atoms with E-state index in [9.17, 15) is 24.3 Å². The number of carboxylic acids is 1. The summed E-state index contributed by atoms with van der Waals surface area (Å²) in [6, 6.07) is -2.21. The van der Waals surface area contributed by atoms with Crippen LogP contribution in [0.15, 0.2) is 0 Å². The van der Waals surface area contributed by atoms with Crippen LogP contribution >= 0.6 is 12.6 Å². The quantitative estimate of drug-likeness (QED) is 0.596. The number of likely N-dealkylation sites (N-methyl/N-ethyl adjacent to an activating group) is 1. The molecule has 2 aliphatic rings. The van der Waals surface area contributed by atoms with Crippen LogP contribution < -0.4 is 0 Å². The highest BCUT2D eigenvalue weighted by molar-refractivity contribution is 7.81. The first-order chi connectivity index (χ1) is 13.6. The summed E-state index contributed by atoms with van der Waals surface area (Å²) in [6.07, 6.45) is 3.14. The van der Waals surface area contributed by atoms with Gasteiger partial charge in [0.1, 0.15) is 18.1 Å². The molecule has 0 aromatic heterocycles. The van der Waals surface area contributed by atoms with Gasteiger partial charge in [-0.05, 0) is 44.9 Å². The summed E-state index contributed by atoms with van der Waals surface area (Å²) in [5, 5.41) is 8.73. The van der Waals surface area contributed by atoms with E-state index < -0.39 is 29.3 Å². The molecule has 3 amide bonds. The standard InChI is InChI=1S/C20H33N3O5S/c1-12(2)11-16(29)19(26)23-10-6-8-15(23)18(25)22-9-5-7-14(22)17(24)21(4)13(3)20(27)28/h12-16,29H,5-11H2,1-4H3,(H,27,28)/t13-,14-,15-,16-/m0/s1. The van der Waals surface area contributed by atoms with Crippen LogP contribution in [-0.4, -0.2) is 87.0 Å². The van der Waals surface area contributed by atoms with Gasteiger partial charge in [-0.2, -0.15) is 12.6 Å². The van der Waals surface area contributed by atoms with E-state index >= 15 is 0 Å². The van der Waals surface area contributed by atoms with Crippen molar-refractivity contribution in [3.8, 4) is 0 Å². The lowest BCUT2D eigenvalue weighted by molar-refractivity contribution is -0.153. The fraction of sp³-hybridized carbons (Fsp3) is 0.800. The fourth-order valence-corrected chi connectivity index (χ4v) is 4.67. The Morgan fingerprint density at radius 1 is 1.03 bits per heavy atom. The summed E-state index contributed by atoms with van der Waals surface area (Å²) in [6.45, 7) is 6.46. The van der Waals surface area contributed by atoms with Crippen molar-refractivity contribution in [2.24, 2.45) is 5.92 Å². The number of thiol groups is 1. The number of hydrogen-bond donors (Lipinski definition) is 2. The number of hydrogen-bond acceptors (Lipinski definition) is 5. The SMILES string of the molecule is CC(C)C[C@H](S)C(=O)N1CCC[C@H]1C(=O)N1CCC[C@H]1C(=O)N(C)[C@@H](C)C(=O)O. The molecule has 2 aliphatic heterocycles. The molecule has 0 aromatic rings. The third kappa shape index (κ3) is 5.24. The predicted octanol–water partition coefficient (Wildman–Crippen LogP) is 1.24. The van der Waals surface area contributed by atoms with E-state index in [0.717, 1.165) is 6.42 Å². The summed E-state index contributed by atoms with van der Waals surface area (Å²) >= 11 is 4.44. The highest BCUT2D eigenvalue weighted by Crippen LogP contribution is 2.27. The van der Waals surface area contributed by atoms with Gasteiger partial charge in [0.2, 0.25) is 17.7 Å². The maximum absolute atomic E-state index is 13.3. The Kier molecular flexibility index (Phi) is 7.96. The van der Waals surface area contributed by atoms with Crippen LogP contribution in [-0.2, 0) is 19.2 Å². The molecule has 164 valence electrons. The first-order valence-electron chi connectivity index (χ1n) is 10.3. The molecular weight excluding hydrogens is 394 g/mol. The third-order valence-electron chi connectivity index (χ3n) is 5.91. The minimum absolute atomic E-state index is 0.128. The number of carboxylic acid groups (broad SMARTS) is 1. The van der Waals surface area contributed by atoms with Crippen LogP contribution in [0.25, 0.3) is 0 Å². The Labute approximate surface area is 178 Å². The van der Waals surface area contributed by atoms with Gasteiger partial charge < -0.3 is 19.8 Å². The molecule has 0 aromatic carbocycles. The van der Waals surface area contributed by atoms with Gasteiger partial charge in [-0.25, -0.2) is 4.79 Å². The Hall–Kier alpha value is -1.77. The van der Waals surface area contributed by atoms with Crippen molar-refractivity contribution in [2.45, 2.75) is 76.3 Å². The molecule has 8 nitrogen and oxygen atoms in total. The molecule has 2 rings (SSSR count). The summed E-state index contributed by atoms with van der Waals surface area (Å²) in [7, 11) is 1.45. The Morgan fingerprint density at radius 3 is 2.14 bits per heavy atom. The number of amides is 3. The zero-order chi connectivity index (χ0) is 21.9. The molecule has 29 heavy (non-hydrogen) atoms. The first kappa shape index (κ1) is 23.5. The number of carbonyl (C=O) groups excluding carboxylic acids is 3. The molecular formula is C20H33N3O5S. The number of carbonyl (C=O) groups is 4. The predicted molar refractivity (Wildman–Crippen MR) is 112 cm³/mol. The monoisotopic (exact) mass is 427 g/mol. The second-order valence-corrected chi connectivity index (χ2v) is 9.11. The van der Waals surface area contributed by atoms with Crippen molar-refractivity contribution in [3.63, 3.8) is 0 Å². The van der Waals surface area contributed by atoms with Crippen LogP contribution in [0.5, 0.6) is 0 Å². The number of aliphatic carboxylic acids is 1.